The van der Waals surface area contributed by atoms with Crippen LogP contribution in [0.1, 0.15) is 36.0 Å². The average Bonchev–Trinajstić information content (AvgIpc) is 3.07. The highest BCUT2D eigenvalue weighted by Crippen LogP contribution is 2.30. The topological polar surface area (TPSA) is 106 Å². The number of anilines is 1. The summed E-state index contributed by atoms with van der Waals surface area (Å²) in [6, 6.07) is 12.4. The fourth-order valence-corrected chi connectivity index (χ4v) is 3.20. The maximum Gasteiger partial charge on any atom is 0.306 e. The second kappa shape index (κ2) is 11.6. The SMILES string of the molecule is N#CCCN(C(=O)COC(=O)CCC(=O)c1ccc2c(c1)OCCCO2)c1ccccc1F. The Kier molecular flexibility index (Phi) is 8.36. The Bertz CT molecular complexity index is 1070. The Balaban J connectivity index is 1.52. The lowest BCUT2D eigenvalue weighted by molar-refractivity contribution is -0.147. The molecule has 0 unspecified atom stereocenters. The van der Waals surface area contributed by atoms with Crippen LogP contribution in [0.4, 0.5) is 10.1 Å². The quantitative estimate of drug-likeness (QED) is 0.422. The molecule has 0 bridgehead atoms. The summed E-state index contributed by atoms with van der Waals surface area (Å²) in [6.45, 7) is 0.353. The monoisotopic (exact) mass is 454 g/mol. The number of fused-ring (bicyclic) bond motifs is 1. The molecule has 0 radical (unpaired) electrons. The molecular weight excluding hydrogens is 431 g/mol. The molecule has 1 heterocycles. The van der Waals surface area contributed by atoms with Crippen molar-refractivity contribution in [1.82, 2.24) is 0 Å². The molecule has 0 fully saturated rings. The largest absolute Gasteiger partial charge is 0.490 e. The van der Waals surface area contributed by atoms with Crippen molar-refractivity contribution >= 4 is 23.3 Å². The first-order valence-corrected chi connectivity index (χ1v) is 10.5. The highest BCUT2D eigenvalue weighted by molar-refractivity contribution is 5.98. The van der Waals surface area contributed by atoms with Gasteiger partial charge in [0.2, 0.25) is 0 Å². The van der Waals surface area contributed by atoms with E-state index in [-0.39, 0.29) is 37.3 Å². The summed E-state index contributed by atoms with van der Waals surface area (Å²) in [7, 11) is 0. The van der Waals surface area contributed by atoms with E-state index < -0.39 is 24.3 Å². The number of carbonyl (C=O) groups excluding carboxylic acids is 3. The van der Waals surface area contributed by atoms with Crippen LogP contribution in [0, 0.1) is 17.1 Å². The summed E-state index contributed by atoms with van der Waals surface area (Å²) >= 11 is 0. The third kappa shape index (κ3) is 6.53. The number of ketones is 1. The minimum absolute atomic E-state index is 0.00150. The molecule has 1 amide bonds. The van der Waals surface area contributed by atoms with Crippen LogP contribution in [0.2, 0.25) is 0 Å². The van der Waals surface area contributed by atoms with Crippen LogP contribution in [0.25, 0.3) is 0 Å². The first-order chi connectivity index (χ1) is 16.0. The minimum Gasteiger partial charge on any atom is -0.490 e. The molecule has 0 aromatic heterocycles. The minimum atomic E-state index is -0.736. The fraction of sp³-hybridized carbons (Fsp3) is 0.333. The predicted octanol–water partition coefficient (Wildman–Crippen LogP) is 3.44. The summed E-state index contributed by atoms with van der Waals surface area (Å²) in [4.78, 5) is 38.1. The molecule has 0 saturated heterocycles. The second-order valence-electron chi connectivity index (χ2n) is 7.20. The molecule has 33 heavy (non-hydrogen) atoms. The van der Waals surface area contributed by atoms with Crippen LogP contribution < -0.4 is 14.4 Å². The van der Waals surface area contributed by atoms with Gasteiger partial charge >= 0.3 is 5.97 Å². The van der Waals surface area contributed by atoms with Crippen molar-refractivity contribution in [2.45, 2.75) is 25.7 Å². The number of hydrogen-bond donors (Lipinski definition) is 0. The normalized spacial score (nSPS) is 12.2. The lowest BCUT2D eigenvalue weighted by Crippen LogP contribution is -2.36. The molecule has 0 spiro atoms. The number of ether oxygens (including phenoxy) is 3. The number of para-hydroxylation sites is 1. The van der Waals surface area contributed by atoms with Gasteiger partial charge < -0.3 is 19.1 Å². The van der Waals surface area contributed by atoms with Crippen molar-refractivity contribution in [1.29, 1.82) is 5.26 Å². The van der Waals surface area contributed by atoms with Gasteiger partial charge in [0.1, 0.15) is 5.82 Å². The van der Waals surface area contributed by atoms with Crippen molar-refractivity contribution in [3.05, 3.63) is 53.8 Å². The van der Waals surface area contributed by atoms with Gasteiger partial charge in [-0.05, 0) is 30.3 Å². The highest BCUT2D eigenvalue weighted by atomic mass is 19.1. The molecule has 3 rings (SSSR count). The van der Waals surface area contributed by atoms with Gasteiger partial charge in [0.05, 0.1) is 37.8 Å². The van der Waals surface area contributed by atoms with E-state index in [2.05, 4.69) is 0 Å². The van der Waals surface area contributed by atoms with Crippen LogP contribution >= 0.6 is 0 Å². The van der Waals surface area contributed by atoms with Crippen LogP contribution in [0.5, 0.6) is 11.5 Å². The zero-order valence-corrected chi connectivity index (χ0v) is 17.9. The number of benzene rings is 2. The predicted molar refractivity (Wildman–Crippen MR) is 116 cm³/mol. The molecule has 1 aliphatic heterocycles. The molecule has 2 aromatic rings. The molecular formula is C24H23FN2O6. The first kappa shape index (κ1) is 23.7. The smallest absolute Gasteiger partial charge is 0.306 e. The molecule has 0 N–H and O–H groups in total. The van der Waals surface area contributed by atoms with E-state index in [0.29, 0.717) is 30.3 Å². The summed E-state index contributed by atoms with van der Waals surface area (Å²) < 4.78 is 30.2. The van der Waals surface area contributed by atoms with Gasteiger partial charge in [-0.25, -0.2) is 4.39 Å². The Morgan fingerprint density at radius 2 is 1.82 bits per heavy atom. The average molecular weight is 454 g/mol. The third-order valence-electron chi connectivity index (χ3n) is 4.87. The van der Waals surface area contributed by atoms with Crippen molar-refractivity contribution in [2.75, 3.05) is 31.3 Å². The van der Waals surface area contributed by atoms with Gasteiger partial charge in [-0.3, -0.25) is 14.4 Å². The van der Waals surface area contributed by atoms with Gasteiger partial charge in [-0.1, -0.05) is 12.1 Å². The van der Waals surface area contributed by atoms with Crippen molar-refractivity contribution in [3.8, 4) is 17.6 Å². The maximum atomic E-state index is 14.1. The molecule has 2 aromatic carbocycles. The fourth-order valence-electron chi connectivity index (χ4n) is 3.20. The number of nitrogens with zero attached hydrogens (tertiary/aromatic N) is 2. The molecule has 8 nitrogen and oxygen atoms in total. The lowest BCUT2D eigenvalue weighted by Gasteiger charge is -2.22. The van der Waals surface area contributed by atoms with E-state index in [1.165, 1.54) is 18.2 Å². The summed E-state index contributed by atoms with van der Waals surface area (Å²) in [5.74, 6) is -1.26. The van der Waals surface area contributed by atoms with E-state index in [1.54, 1.807) is 24.3 Å². The standard InChI is InChI=1S/C24H23FN2O6/c25-18-5-1-2-6-19(18)27(12-3-11-26)23(29)16-33-24(30)10-8-20(28)17-7-9-21-22(15-17)32-14-4-13-31-21/h1-2,5-7,9,15H,3-4,8,10,12-14,16H2. The van der Waals surface area contributed by atoms with E-state index in [4.69, 9.17) is 19.5 Å². The van der Waals surface area contributed by atoms with E-state index in [9.17, 15) is 18.8 Å². The Morgan fingerprint density at radius 1 is 1.06 bits per heavy atom. The van der Waals surface area contributed by atoms with Crippen LogP contribution in [-0.4, -0.2) is 44.0 Å². The number of hydrogen-bond acceptors (Lipinski definition) is 7. The third-order valence-corrected chi connectivity index (χ3v) is 4.87. The maximum absolute atomic E-state index is 14.1. The molecule has 1 aliphatic rings. The van der Waals surface area contributed by atoms with Crippen molar-refractivity contribution < 1.29 is 33.0 Å². The highest BCUT2D eigenvalue weighted by Gasteiger charge is 2.21. The number of esters is 1. The molecule has 9 heteroatoms. The van der Waals surface area contributed by atoms with Gasteiger partial charge in [-0.15, -0.1) is 0 Å². The molecule has 0 aliphatic carbocycles. The first-order valence-electron chi connectivity index (χ1n) is 10.5. The van der Waals surface area contributed by atoms with Crippen molar-refractivity contribution in [3.63, 3.8) is 0 Å². The van der Waals surface area contributed by atoms with Crippen molar-refractivity contribution in [2.24, 2.45) is 0 Å². The number of rotatable bonds is 9. The van der Waals surface area contributed by atoms with Crippen LogP contribution in [-0.2, 0) is 14.3 Å². The Hall–Kier alpha value is -3.93. The van der Waals surface area contributed by atoms with Crippen LogP contribution in [0.15, 0.2) is 42.5 Å². The number of Topliss-reactive ketones (excluding diaryl/α,β-unsaturated/α-hetero) is 1. The molecule has 172 valence electrons. The Morgan fingerprint density at radius 3 is 2.58 bits per heavy atom. The molecule has 0 atom stereocenters. The lowest BCUT2D eigenvalue weighted by atomic mass is 10.1. The second-order valence-corrected chi connectivity index (χ2v) is 7.20. The number of halogens is 1. The van der Waals surface area contributed by atoms with Gasteiger partial charge in [-0.2, -0.15) is 5.26 Å². The van der Waals surface area contributed by atoms with E-state index in [0.717, 1.165) is 11.3 Å². The zero-order valence-electron chi connectivity index (χ0n) is 17.9. The van der Waals surface area contributed by atoms with Gasteiger partial charge in [0.25, 0.3) is 5.91 Å². The number of nitriles is 1. The summed E-state index contributed by atoms with van der Waals surface area (Å²) in [5, 5.41) is 8.81. The van der Waals surface area contributed by atoms with Gasteiger partial charge in [0.15, 0.2) is 23.9 Å². The Labute approximate surface area is 190 Å². The summed E-state index contributed by atoms with van der Waals surface area (Å²) in [6.07, 6.45) is 0.391. The van der Waals surface area contributed by atoms with E-state index in [1.807, 2.05) is 6.07 Å². The zero-order chi connectivity index (χ0) is 23.6. The van der Waals surface area contributed by atoms with Gasteiger partial charge in [0, 0.05) is 24.9 Å². The number of carbonyl (C=O) groups is 3. The van der Waals surface area contributed by atoms with E-state index >= 15 is 0 Å². The summed E-state index contributed by atoms with van der Waals surface area (Å²) in [5.41, 5.74) is 0.378. The van der Waals surface area contributed by atoms with Crippen LogP contribution in [0.3, 0.4) is 0 Å². The number of amides is 1. The molecule has 0 saturated carbocycles.